The standard InChI is InChI=1S/C21H23FN4O4/c1-20(2)17-15(4-5-16(24-17)30-3)18(27)26(20)14-10-13(11-23-12-14)21(22)6-8-25(9-7-21)19(28)29/h4-5,10-12H,6-9H2,1-3H3,(H,28,29). The Bertz CT molecular complexity index is 1020. The molecule has 0 atom stereocenters. The summed E-state index contributed by atoms with van der Waals surface area (Å²) in [5.41, 5.74) is -0.613. The largest absolute Gasteiger partial charge is 0.481 e. The summed E-state index contributed by atoms with van der Waals surface area (Å²) in [7, 11) is 1.51. The Morgan fingerprint density at radius 3 is 2.57 bits per heavy atom. The van der Waals surface area contributed by atoms with Gasteiger partial charge in [0.05, 0.1) is 35.8 Å². The molecule has 0 unspecified atom stereocenters. The third-order valence-electron chi connectivity index (χ3n) is 5.98. The summed E-state index contributed by atoms with van der Waals surface area (Å²) < 4.78 is 20.9. The quantitative estimate of drug-likeness (QED) is 0.828. The molecule has 0 aliphatic carbocycles. The number of anilines is 1. The molecular weight excluding hydrogens is 391 g/mol. The molecular formula is C21H23FN4O4. The number of fused-ring (bicyclic) bond motifs is 1. The number of carboxylic acid groups (broad SMARTS) is 1. The number of amides is 2. The molecule has 4 heterocycles. The Balaban J connectivity index is 1.68. The van der Waals surface area contributed by atoms with E-state index in [1.165, 1.54) is 24.4 Å². The molecule has 2 aliphatic heterocycles. The number of hydrogen-bond donors (Lipinski definition) is 1. The fraction of sp³-hybridized carbons (Fsp3) is 0.429. The molecule has 2 amide bonds. The maximum absolute atomic E-state index is 15.7. The van der Waals surface area contributed by atoms with E-state index in [-0.39, 0.29) is 31.8 Å². The number of rotatable bonds is 3. The zero-order valence-electron chi connectivity index (χ0n) is 17.1. The van der Waals surface area contributed by atoms with Crippen molar-refractivity contribution < 1.29 is 23.8 Å². The average molecular weight is 414 g/mol. The Kier molecular flexibility index (Phi) is 4.63. The van der Waals surface area contributed by atoms with Crippen molar-refractivity contribution in [2.45, 2.75) is 37.9 Å². The van der Waals surface area contributed by atoms with E-state index >= 15 is 4.39 Å². The lowest BCUT2D eigenvalue weighted by molar-refractivity contribution is 0.0549. The third-order valence-corrected chi connectivity index (χ3v) is 5.98. The van der Waals surface area contributed by atoms with Gasteiger partial charge in [0.15, 0.2) is 0 Å². The van der Waals surface area contributed by atoms with Gasteiger partial charge in [-0.15, -0.1) is 0 Å². The molecule has 0 spiro atoms. The smallest absolute Gasteiger partial charge is 0.407 e. The third kappa shape index (κ3) is 3.05. The first-order valence-corrected chi connectivity index (χ1v) is 9.70. The Morgan fingerprint density at radius 1 is 1.23 bits per heavy atom. The first-order valence-electron chi connectivity index (χ1n) is 9.70. The maximum Gasteiger partial charge on any atom is 0.407 e. The van der Waals surface area contributed by atoms with Crippen molar-refractivity contribution in [2.75, 3.05) is 25.1 Å². The molecule has 0 bridgehead atoms. The van der Waals surface area contributed by atoms with Crippen LogP contribution in [0.15, 0.2) is 30.6 Å². The Morgan fingerprint density at radius 2 is 1.93 bits per heavy atom. The monoisotopic (exact) mass is 414 g/mol. The molecule has 0 aromatic carbocycles. The minimum absolute atomic E-state index is 0.0424. The number of methoxy groups -OCH3 is 1. The van der Waals surface area contributed by atoms with Crippen LogP contribution in [-0.4, -0.2) is 52.2 Å². The van der Waals surface area contributed by atoms with Crippen LogP contribution in [-0.2, 0) is 11.2 Å². The van der Waals surface area contributed by atoms with Crippen LogP contribution < -0.4 is 9.64 Å². The lowest BCUT2D eigenvalue weighted by atomic mass is 9.87. The average Bonchev–Trinajstić information content (AvgIpc) is 2.93. The van der Waals surface area contributed by atoms with Gasteiger partial charge < -0.3 is 14.7 Å². The maximum atomic E-state index is 15.7. The van der Waals surface area contributed by atoms with Gasteiger partial charge >= 0.3 is 6.09 Å². The summed E-state index contributed by atoms with van der Waals surface area (Å²) in [4.78, 5) is 35.7. The number of nitrogens with zero attached hydrogens (tertiary/aromatic N) is 4. The number of piperidine rings is 1. The zero-order chi connectivity index (χ0) is 21.7. The molecule has 2 aromatic rings. The van der Waals surface area contributed by atoms with Gasteiger partial charge in [0.1, 0.15) is 5.67 Å². The molecule has 8 nitrogen and oxygen atoms in total. The molecule has 1 saturated heterocycles. The number of aromatic nitrogens is 2. The van der Waals surface area contributed by atoms with Crippen molar-refractivity contribution in [1.82, 2.24) is 14.9 Å². The van der Waals surface area contributed by atoms with Gasteiger partial charge in [-0.3, -0.25) is 14.7 Å². The highest BCUT2D eigenvalue weighted by Gasteiger charge is 2.46. The van der Waals surface area contributed by atoms with Crippen molar-refractivity contribution in [3.05, 3.63) is 47.4 Å². The number of hydrogen-bond acceptors (Lipinski definition) is 5. The van der Waals surface area contributed by atoms with Crippen molar-refractivity contribution in [2.24, 2.45) is 0 Å². The van der Waals surface area contributed by atoms with Gasteiger partial charge in [-0.25, -0.2) is 14.2 Å². The molecule has 30 heavy (non-hydrogen) atoms. The fourth-order valence-corrected chi connectivity index (χ4v) is 4.25. The molecule has 0 radical (unpaired) electrons. The first-order chi connectivity index (χ1) is 14.2. The van der Waals surface area contributed by atoms with Crippen LogP contribution in [0.5, 0.6) is 5.88 Å². The Labute approximate surface area is 173 Å². The minimum Gasteiger partial charge on any atom is -0.481 e. The number of alkyl halides is 1. The first kappa shape index (κ1) is 20.1. The number of halogens is 1. The molecule has 1 fully saturated rings. The van der Waals surface area contributed by atoms with Gasteiger partial charge in [0, 0.05) is 43.8 Å². The highest BCUT2D eigenvalue weighted by Crippen LogP contribution is 2.43. The number of likely N-dealkylation sites (tertiary alicyclic amines) is 1. The predicted octanol–water partition coefficient (Wildman–Crippen LogP) is 3.32. The van der Waals surface area contributed by atoms with E-state index in [2.05, 4.69) is 9.97 Å². The van der Waals surface area contributed by atoms with E-state index in [0.29, 0.717) is 28.4 Å². The van der Waals surface area contributed by atoms with E-state index in [1.54, 1.807) is 23.1 Å². The lowest BCUT2D eigenvalue weighted by Gasteiger charge is -2.36. The lowest BCUT2D eigenvalue weighted by Crippen LogP contribution is -2.43. The normalized spacial score (nSPS) is 19.5. The summed E-state index contributed by atoms with van der Waals surface area (Å²) in [5, 5.41) is 9.11. The van der Waals surface area contributed by atoms with Crippen LogP contribution in [0.4, 0.5) is 14.9 Å². The second-order valence-corrected chi connectivity index (χ2v) is 8.12. The van der Waals surface area contributed by atoms with Gasteiger partial charge in [-0.1, -0.05) is 0 Å². The number of pyridine rings is 2. The summed E-state index contributed by atoms with van der Waals surface area (Å²) in [5.74, 6) is 0.175. The molecule has 9 heteroatoms. The van der Waals surface area contributed by atoms with Crippen molar-refractivity contribution >= 4 is 17.7 Å². The molecule has 0 saturated carbocycles. The van der Waals surface area contributed by atoms with E-state index in [4.69, 9.17) is 9.84 Å². The topological polar surface area (TPSA) is 95.9 Å². The van der Waals surface area contributed by atoms with Crippen LogP contribution in [0.3, 0.4) is 0 Å². The molecule has 158 valence electrons. The van der Waals surface area contributed by atoms with Gasteiger partial charge in [-0.05, 0) is 26.0 Å². The SMILES string of the molecule is COc1ccc2c(n1)C(C)(C)N(c1cncc(C3(F)CCN(C(=O)O)CC3)c1)C2=O. The van der Waals surface area contributed by atoms with Crippen LogP contribution in [0.25, 0.3) is 0 Å². The number of carbonyl (C=O) groups is 2. The second-order valence-electron chi connectivity index (χ2n) is 8.12. The Hall–Kier alpha value is -3.23. The van der Waals surface area contributed by atoms with Crippen LogP contribution in [0, 0.1) is 0 Å². The van der Waals surface area contributed by atoms with Crippen molar-refractivity contribution in [3.63, 3.8) is 0 Å². The molecule has 2 aromatic heterocycles. The highest BCUT2D eigenvalue weighted by molar-refractivity contribution is 6.11. The van der Waals surface area contributed by atoms with Crippen molar-refractivity contribution in [3.8, 4) is 5.88 Å². The van der Waals surface area contributed by atoms with Gasteiger partial charge in [-0.2, -0.15) is 0 Å². The zero-order valence-corrected chi connectivity index (χ0v) is 17.1. The summed E-state index contributed by atoms with van der Waals surface area (Å²) >= 11 is 0. The van der Waals surface area contributed by atoms with Crippen LogP contribution >= 0.6 is 0 Å². The number of carbonyl (C=O) groups excluding carboxylic acids is 1. The fourth-order valence-electron chi connectivity index (χ4n) is 4.25. The van der Waals surface area contributed by atoms with Gasteiger partial charge in [0.25, 0.3) is 5.91 Å². The summed E-state index contributed by atoms with van der Waals surface area (Å²) in [6.07, 6.45) is 2.01. The van der Waals surface area contributed by atoms with Crippen LogP contribution in [0.1, 0.15) is 48.3 Å². The van der Waals surface area contributed by atoms with E-state index < -0.39 is 17.3 Å². The summed E-state index contributed by atoms with van der Waals surface area (Å²) in [6, 6.07) is 4.95. The molecule has 2 aliphatic rings. The predicted molar refractivity (Wildman–Crippen MR) is 106 cm³/mol. The summed E-state index contributed by atoms with van der Waals surface area (Å²) in [6.45, 7) is 3.96. The molecule has 1 N–H and O–H groups in total. The van der Waals surface area contributed by atoms with E-state index in [9.17, 15) is 9.59 Å². The highest BCUT2D eigenvalue weighted by atomic mass is 19.1. The van der Waals surface area contributed by atoms with Crippen molar-refractivity contribution in [1.29, 1.82) is 0 Å². The van der Waals surface area contributed by atoms with Gasteiger partial charge in [0.2, 0.25) is 5.88 Å². The second kappa shape index (κ2) is 6.93. The minimum atomic E-state index is -1.70. The van der Waals surface area contributed by atoms with E-state index in [0.717, 1.165) is 0 Å². The number of ether oxygens (including phenoxy) is 1. The van der Waals surface area contributed by atoms with E-state index in [1.807, 2.05) is 13.8 Å². The van der Waals surface area contributed by atoms with Crippen LogP contribution in [0.2, 0.25) is 0 Å². The molecule has 4 rings (SSSR count).